The van der Waals surface area contributed by atoms with Crippen LogP contribution in [0.25, 0.3) is 0 Å². The number of benzene rings is 4. The van der Waals surface area contributed by atoms with Gasteiger partial charge in [-0.3, -0.25) is 24.5 Å². The number of aromatic hydroxyl groups is 4. The van der Waals surface area contributed by atoms with Crippen LogP contribution in [0.5, 0.6) is 46.0 Å². The maximum Gasteiger partial charge on any atom is 0.161 e. The van der Waals surface area contributed by atoms with Crippen molar-refractivity contribution in [3.8, 4) is 46.0 Å². The van der Waals surface area contributed by atoms with Gasteiger partial charge in [-0.15, -0.1) is 11.6 Å². The largest absolute Gasteiger partial charge is 0.504 e. The number of hydrogen-bond acceptors (Lipinski definition) is 18. The maximum absolute atomic E-state index is 9.39. The number of alkyl halides is 1. The van der Waals surface area contributed by atoms with Crippen LogP contribution >= 0.6 is 11.6 Å². The molecule has 9 rings (SSSR count). The molecule has 0 unspecified atom stereocenters. The normalized spacial score (nSPS) is 17.8. The van der Waals surface area contributed by atoms with Crippen molar-refractivity contribution in [3.05, 3.63) is 95.1 Å². The fraction of sp³-hybridized carbons (Fsp3) is 0.613. The van der Waals surface area contributed by atoms with E-state index in [1.54, 1.807) is 24.3 Å². The second kappa shape index (κ2) is 37.4. The lowest BCUT2D eigenvalue weighted by atomic mass is 10.0. The molecule has 4 N–H and O–H groups in total. The molecular formula is C62H92ClN5O13. The second-order valence-corrected chi connectivity index (χ2v) is 21.4. The summed E-state index contributed by atoms with van der Waals surface area (Å²) in [6.45, 7) is 25.0. The lowest BCUT2D eigenvalue weighted by Gasteiger charge is -2.27. The third-order valence-corrected chi connectivity index (χ3v) is 15.2. The summed E-state index contributed by atoms with van der Waals surface area (Å²) >= 11 is 5.55. The zero-order valence-electron chi connectivity index (χ0n) is 47.9. The molecule has 0 saturated carbocycles. The van der Waals surface area contributed by atoms with Crippen LogP contribution in [0.2, 0.25) is 0 Å². The van der Waals surface area contributed by atoms with E-state index in [0.29, 0.717) is 26.4 Å². The summed E-state index contributed by atoms with van der Waals surface area (Å²) in [5, 5.41) is 37.2. The van der Waals surface area contributed by atoms with Gasteiger partial charge in [0.1, 0.15) is 26.4 Å². The van der Waals surface area contributed by atoms with Crippen LogP contribution in [-0.4, -0.2) is 241 Å². The monoisotopic (exact) mass is 1150 g/mol. The average molecular weight is 1150 g/mol. The van der Waals surface area contributed by atoms with Crippen molar-refractivity contribution in [1.29, 1.82) is 0 Å². The number of phenolic OH excluding ortho intramolecular Hbond substituents is 4. The summed E-state index contributed by atoms with van der Waals surface area (Å²) in [6, 6.07) is 22.7. The molecule has 0 spiro atoms. The van der Waals surface area contributed by atoms with E-state index in [0.717, 1.165) is 256 Å². The topological polar surface area (TPSA) is 180 Å². The van der Waals surface area contributed by atoms with E-state index in [2.05, 4.69) is 60.9 Å². The van der Waals surface area contributed by atoms with Gasteiger partial charge < -0.3 is 63.1 Å². The van der Waals surface area contributed by atoms with Gasteiger partial charge in [-0.1, -0.05) is 24.3 Å². The van der Waals surface area contributed by atoms with Gasteiger partial charge in [0.2, 0.25) is 0 Å². The van der Waals surface area contributed by atoms with Gasteiger partial charge in [0.25, 0.3) is 0 Å². The highest BCUT2D eigenvalue weighted by molar-refractivity contribution is 6.18. The molecule has 0 bridgehead atoms. The summed E-state index contributed by atoms with van der Waals surface area (Å²) in [5.74, 6) is 3.69. The smallest absolute Gasteiger partial charge is 0.161 e. The Balaban J connectivity index is 0.000000265. The van der Waals surface area contributed by atoms with Crippen LogP contribution in [-0.2, 0) is 49.4 Å². The van der Waals surface area contributed by atoms with Crippen LogP contribution in [0.3, 0.4) is 0 Å². The second-order valence-electron chi connectivity index (χ2n) is 21.0. The number of phenols is 4. The van der Waals surface area contributed by atoms with E-state index in [1.165, 1.54) is 23.3 Å². The van der Waals surface area contributed by atoms with Gasteiger partial charge in [0, 0.05) is 104 Å². The molecule has 450 valence electrons. The highest BCUT2D eigenvalue weighted by atomic mass is 35.5. The summed E-state index contributed by atoms with van der Waals surface area (Å²) < 4.78 is 52.5. The lowest BCUT2D eigenvalue weighted by Crippen LogP contribution is -2.39. The van der Waals surface area contributed by atoms with Gasteiger partial charge in [0.15, 0.2) is 46.0 Å². The number of morpholine rings is 5. The molecule has 4 aromatic rings. The SMILES string of the molecule is ClCCN1CCOCC1.Oc1ccc(CCCCc2ccc(O)c(O)c2)cc1O.c1cc(OCCN2CCOCC2)c(OCCN2CCOCC2)cc1CCCCc1ccc(OCCN2CCOCC2)c(OCCN2CCOCC2)c1. The van der Waals surface area contributed by atoms with E-state index >= 15 is 0 Å². The molecule has 5 fully saturated rings. The third-order valence-electron chi connectivity index (χ3n) is 15.0. The number of hydrogen-bond donors (Lipinski definition) is 4. The predicted molar refractivity (Wildman–Crippen MR) is 315 cm³/mol. The Kier molecular flexibility index (Phi) is 29.4. The number of halogens is 1. The van der Waals surface area contributed by atoms with Crippen molar-refractivity contribution in [3.63, 3.8) is 0 Å². The first-order valence-corrected chi connectivity index (χ1v) is 30.2. The Labute approximate surface area is 486 Å². The Morgan fingerprint density at radius 1 is 0.321 bits per heavy atom. The van der Waals surface area contributed by atoms with Crippen molar-refractivity contribution in [2.24, 2.45) is 0 Å². The standard InChI is InChI=1S/C40H62N4O8.C16H18O4.C6H12ClNO/c1(3-35-5-7-37(49-29-17-41-9-21-45-22-10-41)39(33-35)51-31-19-43-13-25-47-26-14-43)2-4-36-6-8-38(50-30-18-42-11-23-46-24-12-42)40(34-36)52-32-20-44-15-27-48-28-16-44;17-13-7-5-11(9-15(13)19)3-1-2-4-12-6-8-14(18)16(20)10-12;7-1-2-8-3-5-9-6-4-8/h5-8,33-34H,1-4,9-32H2;5-10,17-20H,1-4H2;1-6H2. The quantitative estimate of drug-likeness (QED) is 0.0267. The van der Waals surface area contributed by atoms with E-state index in [-0.39, 0.29) is 23.0 Å². The molecule has 5 heterocycles. The van der Waals surface area contributed by atoms with Crippen LogP contribution < -0.4 is 18.9 Å². The molecule has 19 heteroatoms. The van der Waals surface area contributed by atoms with E-state index in [1.807, 2.05) is 0 Å². The third kappa shape index (κ3) is 24.5. The molecular weight excluding hydrogens is 1060 g/mol. The number of unbranched alkanes of at least 4 members (excludes halogenated alkanes) is 2. The fourth-order valence-corrected chi connectivity index (χ4v) is 10.3. The fourth-order valence-electron chi connectivity index (χ4n) is 10.0. The van der Waals surface area contributed by atoms with E-state index in [4.69, 9.17) is 54.2 Å². The molecule has 0 aromatic heterocycles. The highest BCUT2D eigenvalue weighted by Crippen LogP contribution is 2.32. The molecule has 0 amide bonds. The van der Waals surface area contributed by atoms with Crippen molar-refractivity contribution in [2.45, 2.75) is 51.4 Å². The van der Waals surface area contributed by atoms with Gasteiger partial charge >= 0.3 is 0 Å². The van der Waals surface area contributed by atoms with E-state index < -0.39 is 0 Å². The first kappa shape index (κ1) is 63.7. The van der Waals surface area contributed by atoms with Gasteiger partial charge in [0.05, 0.1) is 66.1 Å². The van der Waals surface area contributed by atoms with Crippen LogP contribution in [0.1, 0.15) is 47.9 Å². The first-order valence-electron chi connectivity index (χ1n) is 29.6. The summed E-state index contributed by atoms with van der Waals surface area (Å²) in [5.41, 5.74) is 4.51. The van der Waals surface area contributed by atoms with Gasteiger partial charge in [-0.25, -0.2) is 0 Å². The van der Waals surface area contributed by atoms with Crippen LogP contribution in [0.15, 0.2) is 72.8 Å². The zero-order valence-corrected chi connectivity index (χ0v) is 48.6. The Bertz CT molecular complexity index is 2190. The zero-order chi connectivity index (χ0) is 56.5. The number of aryl methyl sites for hydroxylation is 4. The minimum absolute atomic E-state index is 0.0917. The predicted octanol–water partition coefficient (Wildman–Crippen LogP) is 6.73. The summed E-state index contributed by atoms with van der Waals surface area (Å²) in [7, 11) is 0. The average Bonchev–Trinajstić information content (AvgIpc) is 3.52. The Hall–Kier alpha value is -4.83. The number of nitrogens with zero attached hydrogens (tertiary/aromatic N) is 5. The Morgan fingerprint density at radius 3 is 0.864 bits per heavy atom. The van der Waals surface area contributed by atoms with Gasteiger partial charge in [-0.05, 0) is 122 Å². The highest BCUT2D eigenvalue weighted by Gasteiger charge is 2.17. The maximum atomic E-state index is 9.39. The van der Waals surface area contributed by atoms with Crippen molar-refractivity contribution < 1.29 is 63.1 Å². The molecule has 0 aliphatic carbocycles. The molecule has 5 aliphatic heterocycles. The van der Waals surface area contributed by atoms with Crippen molar-refractivity contribution >= 4 is 11.6 Å². The van der Waals surface area contributed by atoms with Crippen LogP contribution in [0, 0.1) is 0 Å². The number of rotatable bonds is 28. The van der Waals surface area contributed by atoms with Crippen molar-refractivity contribution in [2.75, 3.05) is 197 Å². The molecule has 5 aliphatic rings. The van der Waals surface area contributed by atoms with E-state index in [9.17, 15) is 20.4 Å². The van der Waals surface area contributed by atoms with Gasteiger partial charge in [-0.2, -0.15) is 0 Å². The Morgan fingerprint density at radius 2 is 0.580 bits per heavy atom. The van der Waals surface area contributed by atoms with Crippen molar-refractivity contribution in [1.82, 2.24) is 24.5 Å². The minimum atomic E-state index is -0.103. The molecule has 81 heavy (non-hydrogen) atoms. The minimum Gasteiger partial charge on any atom is -0.504 e. The molecule has 18 nitrogen and oxygen atoms in total. The first-order chi connectivity index (χ1) is 39.8. The molecule has 4 aromatic carbocycles. The lowest BCUT2D eigenvalue weighted by molar-refractivity contribution is 0.0305. The summed E-state index contributed by atoms with van der Waals surface area (Å²) in [6.07, 6.45) is 7.64. The number of ether oxygens (including phenoxy) is 9. The van der Waals surface area contributed by atoms with Crippen LogP contribution in [0.4, 0.5) is 0 Å². The molecule has 5 saturated heterocycles. The molecule has 0 atom stereocenters. The molecule has 0 radical (unpaired) electrons. The summed E-state index contributed by atoms with van der Waals surface area (Å²) in [4.78, 5) is 11.9.